The highest BCUT2D eigenvalue weighted by Gasteiger charge is 2.12. The number of carbonyl (C=O) groups excluding carboxylic acids is 2. The molecule has 2 amide bonds. The average Bonchev–Trinajstić information content (AvgIpc) is 2.63. The Balaban J connectivity index is 1.74. The fraction of sp³-hybridized carbons (Fsp3) is 0. The molecule has 7 nitrogen and oxygen atoms in total. The lowest BCUT2D eigenvalue weighted by Gasteiger charge is -2.07. The molecule has 3 heterocycles. The molecule has 0 aliphatic carbocycles. The van der Waals surface area contributed by atoms with Crippen LogP contribution in [0.4, 0.5) is 11.4 Å². The maximum Gasteiger partial charge on any atom is 0.274 e. The number of rotatable bonds is 4. The van der Waals surface area contributed by atoms with Gasteiger partial charge in [-0.3, -0.25) is 19.6 Å². The second-order valence-corrected chi connectivity index (χ2v) is 4.79. The first-order valence-electron chi connectivity index (χ1n) is 7.12. The van der Waals surface area contributed by atoms with Gasteiger partial charge >= 0.3 is 0 Å². The van der Waals surface area contributed by atoms with Crippen molar-refractivity contribution in [1.29, 1.82) is 0 Å². The molecular formula is C17H13N5O2. The lowest BCUT2D eigenvalue weighted by Crippen LogP contribution is -2.18. The molecule has 7 heteroatoms. The lowest BCUT2D eigenvalue weighted by atomic mass is 10.2. The molecule has 0 aromatic carbocycles. The van der Waals surface area contributed by atoms with Crippen molar-refractivity contribution < 1.29 is 9.59 Å². The van der Waals surface area contributed by atoms with Gasteiger partial charge < -0.3 is 10.6 Å². The van der Waals surface area contributed by atoms with Crippen molar-refractivity contribution >= 4 is 23.2 Å². The van der Waals surface area contributed by atoms with Gasteiger partial charge in [0.2, 0.25) is 0 Å². The predicted molar refractivity (Wildman–Crippen MR) is 88.6 cm³/mol. The molecule has 0 aliphatic heterocycles. The molecule has 0 unspecified atom stereocenters. The smallest absolute Gasteiger partial charge is 0.274 e. The Hall–Kier alpha value is -3.61. The average molecular weight is 319 g/mol. The van der Waals surface area contributed by atoms with Gasteiger partial charge in [-0.2, -0.15) is 0 Å². The molecular weight excluding hydrogens is 306 g/mol. The number of carbonyl (C=O) groups is 2. The fourth-order valence-electron chi connectivity index (χ4n) is 1.95. The number of amides is 2. The normalized spacial score (nSPS) is 10.0. The van der Waals surface area contributed by atoms with E-state index in [1.807, 2.05) is 0 Å². The van der Waals surface area contributed by atoms with Crippen LogP contribution in [-0.4, -0.2) is 26.8 Å². The van der Waals surface area contributed by atoms with E-state index in [1.54, 1.807) is 67.3 Å². The lowest BCUT2D eigenvalue weighted by molar-refractivity contribution is 0.101. The molecule has 0 atom stereocenters. The van der Waals surface area contributed by atoms with E-state index in [0.29, 0.717) is 11.4 Å². The molecule has 0 fully saturated rings. The number of nitrogens with one attached hydrogen (secondary N) is 2. The van der Waals surface area contributed by atoms with E-state index in [9.17, 15) is 9.59 Å². The van der Waals surface area contributed by atoms with Crippen LogP contribution in [0.2, 0.25) is 0 Å². The summed E-state index contributed by atoms with van der Waals surface area (Å²) in [6, 6.07) is 11.3. The summed E-state index contributed by atoms with van der Waals surface area (Å²) in [5, 5.41) is 5.39. The van der Waals surface area contributed by atoms with Crippen molar-refractivity contribution in [3.63, 3.8) is 0 Å². The van der Waals surface area contributed by atoms with Gasteiger partial charge in [0.05, 0.1) is 0 Å². The quantitative estimate of drug-likeness (QED) is 0.769. The molecule has 3 aromatic rings. The van der Waals surface area contributed by atoms with Gasteiger partial charge in [-0.15, -0.1) is 0 Å². The molecule has 0 radical (unpaired) electrons. The van der Waals surface area contributed by atoms with E-state index in [4.69, 9.17) is 0 Å². The van der Waals surface area contributed by atoms with Crippen LogP contribution in [0, 0.1) is 0 Å². The second kappa shape index (κ2) is 7.10. The molecule has 2 N–H and O–H groups in total. The first-order valence-corrected chi connectivity index (χ1v) is 7.12. The van der Waals surface area contributed by atoms with Gasteiger partial charge in [0.1, 0.15) is 11.4 Å². The summed E-state index contributed by atoms with van der Waals surface area (Å²) in [6.45, 7) is 0. The summed E-state index contributed by atoms with van der Waals surface area (Å²) >= 11 is 0. The maximum atomic E-state index is 12.2. The Bertz CT molecular complexity index is 784. The molecule has 0 saturated carbocycles. The van der Waals surface area contributed by atoms with Crippen molar-refractivity contribution in [1.82, 2.24) is 15.0 Å². The molecule has 0 saturated heterocycles. The molecule has 118 valence electrons. The van der Waals surface area contributed by atoms with E-state index in [2.05, 4.69) is 25.6 Å². The molecule has 0 spiro atoms. The van der Waals surface area contributed by atoms with Gasteiger partial charge in [0.25, 0.3) is 11.8 Å². The Morgan fingerprint density at radius 3 is 1.50 bits per heavy atom. The summed E-state index contributed by atoms with van der Waals surface area (Å²) in [7, 11) is 0. The Morgan fingerprint density at radius 2 is 1.08 bits per heavy atom. The fourth-order valence-corrected chi connectivity index (χ4v) is 1.95. The molecule has 3 rings (SSSR count). The maximum absolute atomic E-state index is 12.2. The molecule has 3 aromatic heterocycles. The summed E-state index contributed by atoms with van der Waals surface area (Å²) in [5.74, 6) is -0.806. The minimum atomic E-state index is -0.403. The third kappa shape index (κ3) is 3.77. The highest BCUT2D eigenvalue weighted by Crippen LogP contribution is 2.09. The van der Waals surface area contributed by atoms with Gasteiger partial charge in [0.15, 0.2) is 0 Å². The topological polar surface area (TPSA) is 96.9 Å². The van der Waals surface area contributed by atoms with Crippen LogP contribution >= 0.6 is 0 Å². The zero-order chi connectivity index (χ0) is 16.8. The second-order valence-electron chi connectivity index (χ2n) is 4.79. The summed E-state index contributed by atoms with van der Waals surface area (Å²) < 4.78 is 0. The molecule has 0 bridgehead atoms. The van der Waals surface area contributed by atoms with Crippen LogP contribution in [-0.2, 0) is 0 Å². The Kier molecular flexibility index (Phi) is 4.52. The van der Waals surface area contributed by atoms with Crippen molar-refractivity contribution in [2.75, 3.05) is 10.6 Å². The minimum Gasteiger partial charge on any atom is -0.321 e. The summed E-state index contributed by atoms with van der Waals surface area (Å²) in [5.41, 5.74) is 1.50. The van der Waals surface area contributed by atoms with Crippen LogP contribution in [0.5, 0.6) is 0 Å². The van der Waals surface area contributed by atoms with Crippen molar-refractivity contribution in [3.8, 4) is 0 Å². The predicted octanol–water partition coefficient (Wildman–Crippen LogP) is 2.38. The van der Waals surface area contributed by atoms with Gasteiger partial charge in [-0.25, -0.2) is 4.98 Å². The number of anilines is 2. The van der Waals surface area contributed by atoms with Crippen LogP contribution in [0.15, 0.2) is 67.3 Å². The number of aromatic nitrogens is 3. The van der Waals surface area contributed by atoms with Crippen LogP contribution < -0.4 is 10.6 Å². The molecule has 24 heavy (non-hydrogen) atoms. The van der Waals surface area contributed by atoms with Crippen molar-refractivity contribution in [3.05, 3.63) is 78.6 Å². The largest absolute Gasteiger partial charge is 0.321 e. The highest BCUT2D eigenvalue weighted by molar-refractivity contribution is 6.06. The van der Waals surface area contributed by atoms with E-state index >= 15 is 0 Å². The number of hydrogen-bond acceptors (Lipinski definition) is 5. The summed E-state index contributed by atoms with van der Waals surface area (Å²) in [6.07, 6.45) is 6.28. The van der Waals surface area contributed by atoms with Crippen LogP contribution in [0.3, 0.4) is 0 Å². The van der Waals surface area contributed by atoms with Crippen molar-refractivity contribution in [2.24, 2.45) is 0 Å². The van der Waals surface area contributed by atoms with Crippen molar-refractivity contribution in [2.45, 2.75) is 0 Å². The number of pyridine rings is 3. The standard InChI is InChI=1S/C17H13N5O2/c23-16(20-12-4-8-18-9-5-12)14-2-1-3-15(22-14)17(24)21-13-6-10-19-11-7-13/h1-11H,(H,18,20,23)(H,19,21,24). The number of hydrogen-bond donors (Lipinski definition) is 2. The molecule has 0 aliphatic rings. The number of nitrogens with zero attached hydrogens (tertiary/aromatic N) is 3. The van der Waals surface area contributed by atoms with Gasteiger partial charge in [-0.1, -0.05) is 6.07 Å². The first-order chi connectivity index (χ1) is 11.7. The van der Waals surface area contributed by atoms with Crippen LogP contribution in [0.25, 0.3) is 0 Å². The third-order valence-electron chi connectivity index (χ3n) is 3.09. The Morgan fingerprint density at radius 1 is 0.667 bits per heavy atom. The monoisotopic (exact) mass is 319 g/mol. The zero-order valence-corrected chi connectivity index (χ0v) is 12.5. The van der Waals surface area contributed by atoms with E-state index in [-0.39, 0.29) is 11.4 Å². The third-order valence-corrected chi connectivity index (χ3v) is 3.09. The minimum absolute atomic E-state index is 0.147. The highest BCUT2D eigenvalue weighted by atomic mass is 16.2. The Labute approximate surface area is 137 Å². The van der Waals surface area contributed by atoms with E-state index in [0.717, 1.165) is 0 Å². The zero-order valence-electron chi connectivity index (χ0n) is 12.5. The van der Waals surface area contributed by atoms with E-state index in [1.165, 1.54) is 0 Å². The van der Waals surface area contributed by atoms with Crippen LogP contribution in [0.1, 0.15) is 21.0 Å². The van der Waals surface area contributed by atoms with Gasteiger partial charge in [0, 0.05) is 36.2 Å². The first kappa shape index (κ1) is 15.3. The van der Waals surface area contributed by atoms with Gasteiger partial charge in [-0.05, 0) is 36.4 Å². The summed E-state index contributed by atoms with van der Waals surface area (Å²) in [4.78, 5) is 36.3. The SMILES string of the molecule is O=C(Nc1ccncc1)c1cccc(C(=O)Nc2ccncc2)n1. The van der Waals surface area contributed by atoms with E-state index < -0.39 is 11.8 Å².